The van der Waals surface area contributed by atoms with E-state index in [1.165, 1.54) is 19.3 Å². The highest BCUT2D eigenvalue weighted by atomic mass is 16.2. The van der Waals surface area contributed by atoms with Gasteiger partial charge in [-0.05, 0) is 31.9 Å². The van der Waals surface area contributed by atoms with Crippen molar-refractivity contribution in [2.45, 2.75) is 45.2 Å². The Morgan fingerprint density at radius 1 is 1.36 bits per heavy atom. The molecule has 1 fully saturated rings. The summed E-state index contributed by atoms with van der Waals surface area (Å²) >= 11 is 0. The predicted octanol–water partition coefficient (Wildman–Crippen LogP) is 1.45. The monoisotopic (exact) mass is 339 g/mol. The number of hydrogen-bond donors (Lipinski definition) is 1. The Morgan fingerprint density at radius 2 is 2.20 bits per heavy atom. The van der Waals surface area contributed by atoms with E-state index in [-0.39, 0.29) is 12.5 Å². The zero-order valence-electron chi connectivity index (χ0n) is 14.4. The fourth-order valence-electron chi connectivity index (χ4n) is 3.20. The number of pyridine rings is 1. The molecule has 1 aliphatic rings. The average Bonchev–Trinajstić information content (AvgIpc) is 3.06. The molecule has 0 spiro atoms. The largest absolute Gasteiger partial charge is 0.347 e. The summed E-state index contributed by atoms with van der Waals surface area (Å²) in [6, 6.07) is 3.83. The minimum atomic E-state index is -0.122. The van der Waals surface area contributed by atoms with Gasteiger partial charge in [0.1, 0.15) is 12.4 Å². The summed E-state index contributed by atoms with van der Waals surface area (Å²) in [5.74, 6) is 2.19. The Balaban J connectivity index is 1.41. The summed E-state index contributed by atoms with van der Waals surface area (Å²) in [5, 5.41) is 16.8. The highest BCUT2D eigenvalue weighted by Crippen LogP contribution is 2.35. The molecule has 0 atom stereocenters. The van der Waals surface area contributed by atoms with E-state index in [9.17, 15) is 4.79 Å². The van der Waals surface area contributed by atoms with Crippen molar-refractivity contribution in [3.8, 4) is 0 Å². The second-order valence-electron chi connectivity index (χ2n) is 6.56. The molecule has 130 valence electrons. The summed E-state index contributed by atoms with van der Waals surface area (Å²) in [4.78, 5) is 16.6. The maximum Gasteiger partial charge on any atom is 0.242 e. The smallest absolute Gasteiger partial charge is 0.242 e. The number of nitrogens with zero attached hydrogens (tertiary/aromatic N) is 6. The maximum atomic E-state index is 12.3. The number of nitrogens with one attached hydrogen (secondary N) is 1. The number of aryl methyl sites for hydroxylation is 1. The number of carbonyl (C=O) groups is 1. The van der Waals surface area contributed by atoms with Crippen LogP contribution in [0.4, 0.5) is 0 Å². The molecule has 0 radical (unpaired) electrons. The van der Waals surface area contributed by atoms with Crippen molar-refractivity contribution in [3.63, 3.8) is 0 Å². The lowest BCUT2D eigenvalue weighted by atomic mass is 9.85. The van der Waals surface area contributed by atoms with Crippen molar-refractivity contribution in [1.82, 2.24) is 34.8 Å². The van der Waals surface area contributed by atoms with Gasteiger partial charge in [-0.2, -0.15) is 5.10 Å². The molecule has 1 aliphatic carbocycles. The first-order valence-corrected chi connectivity index (χ1v) is 8.56. The van der Waals surface area contributed by atoms with Gasteiger partial charge >= 0.3 is 0 Å². The lowest BCUT2D eigenvalue weighted by Crippen LogP contribution is -2.29. The topological polar surface area (TPSA) is 90.5 Å². The van der Waals surface area contributed by atoms with Crippen LogP contribution in [0.1, 0.15) is 42.5 Å². The van der Waals surface area contributed by atoms with Crippen molar-refractivity contribution in [2.24, 2.45) is 7.05 Å². The number of hydrogen-bond acceptors (Lipinski definition) is 5. The van der Waals surface area contributed by atoms with Crippen molar-refractivity contribution in [1.29, 1.82) is 0 Å². The summed E-state index contributed by atoms with van der Waals surface area (Å²) in [6.07, 6.45) is 5.32. The number of carbonyl (C=O) groups excluding carboxylic acids is 1. The molecule has 0 aromatic carbocycles. The molecule has 3 aromatic rings. The first-order chi connectivity index (χ1) is 12.1. The summed E-state index contributed by atoms with van der Waals surface area (Å²) in [7, 11) is 1.96. The standard InChI is InChI=1S/C17H21N7O/c1-11-13-7-4-8-18-17(13)24(22-11)10-15(25)19-9-14-20-21-16(23(14)2)12-5-3-6-12/h4,7-8,12H,3,5-6,9-10H2,1-2H3,(H,19,25). The summed E-state index contributed by atoms with van der Waals surface area (Å²) in [5.41, 5.74) is 1.59. The Hall–Kier alpha value is -2.77. The van der Waals surface area contributed by atoms with Crippen molar-refractivity contribution < 1.29 is 4.79 Å². The van der Waals surface area contributed by atoms with Gasteiger partial charge in [-0.25, -0.2) is 9.67 Å². The molecule has 4 rings (SSSR count). The average molecular weight is 339 g/mol. The number of rotatable bonds is 5. The second-order valence-corrected chi connectivity index (χ2v) is 6.56. The third-order valence-electron chi connectivity index (χ3n) is 4.90. The SMILES string of the molecule is Cc1nn(CC(=O)NCc2nnc(C3CCC3)n2C)c2ncccc12. The first-order valence-electron chi connectivity index (χ1n) is 8.56. The van der Waals surface area contributed by atoms with Gasteiger partial charge in [0.15, 0.2) is 11.5 Å². The van der Waals surface area contributed by atoms with Crippen LogP contribution in [0.2, 0.25) is 0 Å². The van der Waals surface area contributed by atoms with Crippen LogP contribution < -0.4 is 5.32 Å². The van der Waals surface area contributed by atoms with Crippen molar-refractivity contribution >= 4 is 16.9 Å². The van der Waals surface area contributed by atoms with Crippen LogP contribution in [-0.2, 0) is 24.9 Å². The molecular formula is C17H21N7O. The van der Waals surface area contributed by atoms with Crippen molar-refractivity contribution in [2.75, 3.05) is 0 Å². The second kappa shape index (κ2) is 6.27. The highest BCUT2D eigenvalue weighted by Gasteiger charge is 2.25. The lowest BCUT2D eigenvalue weighted by Gasteiger charge is -2.24. The van der Waals surface area contributed by atoms with E-state index in [0.29, 0.717) is 12.5 Å². The number of amides is 1. The summed E-state index contributed by atoms with van der Waals surface area (Å²) < 4.78 is 3.63. The molecule has 0 bridgehead atoms. The van der Waals surface area contributed by atoms with E-state index in [4.69, 9.17) is 0 Å². The number of fused-ring (bicyclic) bond motifs is 1. The van der Waals surface area contributed by atoms with Crippen LogP contribution in [0.5, 0.6) is 0 Å². The zero-order chi connectivity index (χ0) is 17.4. The molecule has 3 aromatic heterocycles. The third kappa shape index (κ3) is 2.88. The van der Waals surface area contributed by atoms with Crippen LogP contribution in [0.3, 0.4) is 0 Å². The van der Waals surface area contributed by atoms with E-state index < -0.39 is 0 Å². The molecule has 0 aliphatic heterocycles. The van der Waals surface area contributed by atoms with Gasteiger partial charge in [0.2, 0.25) is 5.91 Å². The van der Waals surface area contributed by atoms with Gasteiger partial charge < -0.3 is 9.88 Å². The fraction of sp³-hybridized carbons (Fsp3) is 0.471. The van der Waals surface area contributed by atoms with Crippen LogP contribution in [0.25, 0.3) is 11.0 Å². The van der Waals surface area contributed by atoms with Crippen LogP contribution >= 0.6 is 0 Å². The van der Waals surface area contributed by atoms with Crippen LogP contribution in [0.15, 0.2) is 18.3 Å². The van der Waals surface area contributed by atoms with Gasteiger partial charge in [-0.15, -0.1) is 10.2 Å². The Morgan fingerprint density at radius 3 is 2.96 bits per heavy atom. The van der Waals surface area contributed by atoms with Gasteiger partial charge in [-0.3, -0.25) is 4.79 Å². The van der Waals surface area contributed by atoms with Crippen molar-refractivity contribution in [3.05, 3.63) is 35.7 Å². The van der Waals surface area contributed by atoms with E-state index in [2.05, 4.69) is 25.6 Å². The molecule has 8 nitrogen and oxygen atoms in total. The minimum Gasteiger partial charge on any atom is -0.347 e. The Labute approximate surface area is 145 Å². The van der Waals surface area contributed by atoms with Gasteiger partial charge in [0.25, 0.3) is 0 Å². The first kappa shape index (κ1) is 15.7. The normalized spacial score (nSPS) is 14.6. The molecule has 8 heteroatoms. The van der Waals surface area contributed by atoms with Gasteiger partial charge in [0, 0.05) is 24.5 Å². The molecular weight excluding hydrogens is 318 g/mol. The lowest BCUT2D eigenvalue weighted by molar-refractivity contribution is -0.122. The Kier molecular flexibility index (Phi) is 3.95. The predicted molar refractivity (Wildman–Crippen MR) is 91.7 cm³/mol. The molecule has 1 N–H and O–H groups in total. The molecule has 0 unspecified atom stereocenters. The molecule has 1 amide bonds. The maximum absolute atomic E-state index is 12.3. The molecule has 0 saturated heterocycles. The van der Waals surface area contributed by atoms with Gasteiger partial charge in [-0.1, -0.05) is 6.42 Å². The Bertz CT molecular complexity index is 922. The summed E-state index contributed by atoms with van der Waals surface area (Å²) in [6.45, 7) is 2.41. The van der Waals surface area contributed by atoms with Crippen LogP contribution in [0, 0.1) is 6.92 Å². The molecule has 1 saturated carbocycles. The highest BCUT2D eigenvalue weighted by molar-refractivity contribution is 5.81. The van der Waals surface area contributed by atoms with E-state index >= 15 is 0 Å². The third-order valence-corrected chi connectivity index (χ3v) is 4.90. The van der Waals surface area contributed by atoms with E-state index in [1.807, 2.05) is 30.7 Å². The fourth-order valence-corrected chi connectivity index (χ4v) is 3.20. The van der Waals surface area contributed by atoms with E-state index in [0.717, 1.165) is 28.4 Å². The van der Waals surface area contributed by atoms with Crippen LogP contribution in [-0.4, -0.2) is 35.4 Å². The van der Waals surface area contributed by atoms with E-state index in [1.54, 1.807) is 10.9 Å². The zero-order valence-corrected chi connectivity index (χ0v) is 14.4. The minimum absolute atomic E-state index is 0.122. The van der Waals surface area contributed by atoms with Gasteiger partial charge in [0.05, 0.1) is 12.2 Å². The molecule has 3 heterocycles. The number of aromatic nitrogens is 6. The molecule has 25 heavy (non-hydrogen) atoms. The quantitative estimate of drug-likeness (QED) is 0.760.